The predicted molar refractivity (Wildman–Crippen MR) is 117 cm³/mol. The van der Waals surface area contributed by atoms with E-state index in [4.69, 9.17) is 0 Å². The molecular weight excluding hydrogens is 402 g/mol. The summed E-state index contributed by atoms with van der Waals surface area (Å²) in [5, 5.41) is 16.5. The van der Waals surface area contributed by atoms with Crippen LogP contribution in [0, 0.1) is 10.1 Å². The minimum atomic E-state index is -0.382. The van der Waals surface area contributed by atoms with E-state index in [0.717, 1.165) is 16.1 Å². The maximum absolute atomic E-state index is 12.5. The number of nitrogens with zero attached hydrogens (tertiary/aromatic N) is 4. The number of aromatic nitrogens is 1. The molecule has 3 aromatic rings. The van der Waals surface area contributed by atoms with Crippen molar-refractivity contribution in [3.63, 3.8) is 0 Å². The van der Waals surface area contributed by atoms with Crippen LogP contribution >= 0.6 is 11.3 Å². The molecule has 154 valence electrons. The second-order valence-corrected chi connectivity index (χ2v) is 7.88. The Labute approximate surface area is 177 Å². The van der Waals surface area contributed by atoms with E-state index in [1.165, 1.54) is 17.4 Å². The third-order valence-corrected chi connectivity index (χ3v) is 5.90. The standard InChI is InChI=1S/C21H21N5O3S/c27-21(20-4-2-12-30-20)25-10-8-24(9-11-25)17-5-6-19(26(28)29)18(13-17)23-15-16-3-1-7-22-14-16/h1-7,12-14,23H,8-11,15H2. The van der Waals surface area contributed by atoms with E-state index >= 15 is 0 Å². The smallest absolute Gasteiger partial charge is 0.292 e. The normalized spacial score (nSPS) is 13.9. The van der Waals surface area contributed by atoms with Crippen LogP contribution in [-0.2, 0) is 6.54 Å². The van der Waals surface area contributed by atoms with Crippen molar-refractivity contribution in [1.82, 2.24) is 9.88 Å². The highest BCUT2D eigenvalue weighted by molar-refractivity contribution is 7.12. The van der Waals surface area contributed by atoms with Gasteiger partial charge in [-0.25, -0.2) is 0 Å². The molecule has 0 saturated carbocycles. The number of carbonyl (C=O) groups excluding carboxylic acids is 1. The van der Waals surface area contributed by atoms with Crippen molar-refractivity contribution in [2.45, 2.75) is 6.54 Å². The Morgan fingerprint density at radius 1 is 1.17 bits per heavy atom. The minimum Gasteiger partial charge on any atom is -0.375 e. The number of hydrogen-bond acceptors (Lipinski definition) is 7. The molecule has 0 bridgehead atoms. The van der Waals surface area contributed by atoms with Crippen molar-refractivity contribution in [3.05, 3.63) is 80.8 Å². The fourth-order valence-electron chi connectivity index (χ4n) is 3.45. The van der Waals surface area contributed by atoms with Gasteiger partial charge in [0.05, 0.1) is 9.80 Å². The molecule has 0 atom stereocenters. The van der Waals surface area contributed by atoms with E-state index < -0.39 is 0 Å². The summed E-state index contributed by atoms with van der Waals surface area (Å²) in [6.45, 7) is 3.04. The molecule has 0 unspecified atom stereocenters. The number of hydrogen-bond donors (Lipinski definition) is 1. The Kier molecular flexibility index (Phi) is 5.89. The molecule has 1 fully saturated rings. The summed E-state index contributed by atoms with van der Waals surface area (Å²) >= 11 is 1.45. The zero-order chi connectivity index (χ0) is 20.9. The highest BCUT2D eigenvalue weighted by Crippen LogP contribution is 2.30. The number of nitro benzene ring substituents is 1. The second kappa shape index (κ2) is 8.91. The van der Waals surface area contributed by atoms with Crippen LogP contribution in [0.3, 0.4) is 0 Å². The van der Waals surface area contributed by atoms with Crippen LogP contribution in [0.2, 0.25) is 0 Å². The number of amides is 1. The Hall–Kier alpha value is -3.46. The number of pyridine rings is 1. The molecule has 4 rings (SSSR count). The lowest BCUT2D eigenvalue weighted by molar-refractivity contribution is -0.384. The van der Waals surface area contributed by atoms with Crippen LogP contribution < -0.4 is 10.2 Å². The fourth-order valence-corrected chi connectivity index (χ4v) is 4.14. The summed E-state index contributed by atoms with van der Waals surface area (Å²) in [7, 11) is 0. The van der Waals surface area contributed by atoms with Gasteiger partial charge in [-0.1, -0.05) is 12.1 Å². The van der Waals surface area contributed by atoms with Crippen LogP contribution in [0.5, 0.6) is 0 Å². The number of nitro groups is 1. The topological polar surface area (TPSA) is 91.6 Å². The molecule has 1 aromatic carbocycles. The molecule has 1 aliphatic rings. The summed E-state index contributed by atoms with van der Waals surface area (Å²) < 4.78 is 0. The van der Waals surface area contributed by atoms with Crippen molar-refractivity contribution < 1.29 is 9.72 Å². The number of rotatable bonds is 6. The number of piperazine rings is 1. The maximum atomic E-state index is 12.5. The van der Waals surface area contributed by atoms with Crippen molar-refractivity contribution in [2.24, 2.45) is 0 Å². The Bertz CT molecular complexity index is 1020. The van der Waals surface area contributed by atoms with Crippen LogP contribution in [0.25, 0.3) is 0 Å². The summed E-state index contributed by atoms with van der Waals surface area (Å²) in [4.78, 5) is 32.4. The molecule has 3 heterocycles. The zero-order valence-electron chi connectivity index (χ0n) is 16.2. The highest BCUT2D eigenvalue weighted by Gasteiger charge is 2.24. The molecule has 30 heavy (non-hydrogen) atoms. The molecule has 2 aromatic heterocycles. The van der Waals surface area contributed by atoms with E-state index in [9.17, 15) is 14.9 Å². The van der Waals surface area contributed by atoms with Gasteiger partial charge in [-0.2, -0.15) is 0 Å². The van der Waals surface area contributed by atoms with Gasteiger partial charge in [-0.3, -0.25) is 19.9 Å². The van der Waals surface area contributed by atoms with E-state index in [2.05, 4.69) is 15.2 Å². The predicted octanol–water partition coefficient (Wildman–Crippen LogP) is 3.63. The van der Waals surface area contributed by atoms with Crippen LogP contribution in [0.15, 0.2) is 60.2 Å². The number of thiophene rings is 1. The lowest BCUT2D eigenvalue weighted by Crippen LogP contribution is -2.48. The van der Waals surface area contributed by atoms with E-state index in [1.807, 2.05) is 40.6 Å². The van der Waals surface area contributed by atoms with Gasteiger partial charge in [-0.05, 0) is 35.2 Å². The van der Waals surface area contributed by atoms with Gasteiger partial charge in [0.2, 0.25) is 0 Å². The lowest BCUT2D eigenvalue weighted by Gasteiger charge is -2.36. The quantitative estimate of drug-likeness (QED) is 0.481. The SMILES string of the molecule is O=C(c1cccs1)N1CCN(c2ccc([N+](=O)[O-])c(NCc3cccnc3)c2)CC1. The van der Waals surface area contributed by atoms with E-state index in [0.29, 0.717) is 38.4 Å². The third-order valence-electron chi connectivity index (χ3n) is 5.05. The third kappa shape index (κ3) is 4.41. The van der Waals surface area contributed by atoms with E-state index in [1.54, 1.807) is 18.5 Å². The average molecular weight is 423 g/mol. The first-order chi connectivity index (χ1) is 14.6. The molecule has 1 aliphatic heterocycles. The monoisotopic (exact) mass is 423 g/mol. The number of carbonyl (C=O) groups is 1. The number of nitrogens with one attached hydrogen (secondary N) is 1. The largest absolute Gasteiger partial charge is 0.375 e. The van der Waals surface area contributed by atoms with Crippen LogP contribution in [-0.4, -0.2) is 46.9 Å². The van der Waals surface area contributed by atoms with Gasteiger partial charge in [0.1, 0.15) is 5.69 Å². The zero-order valence-corrected chi connectivity index (χ0v) is 17.0. The lowest BCUT2D eigenvalue weighted by atomic mass is 10.2. The van der Waals surface area contributed by atoms with Crippen LogP contribution in [0.1, 0.15) is 15.2 Å². The average Bonchev–Trinajstić information content (AvgIpc) is 3.33. The first-order valence-corrected chi connectivity index (χ1v) is 10.5. The van der Waals surface area contributed by atoms with Crippen molar-refractivity contribution >= 4 is 34.3 Å². The van der Waals surface area contributed by atoms with Gasteiger partial charge in [-0.15, -0.1) is 11.3 Å². The molecule has 1 saturated heterocycles. The molecule has 1 amide bonds. The Balaban J connectivity index is 1.45. The van der Waals surface area contributed by atoms with Gasteiger partial charge in [0, 0.05) is 56.9 Å². The van der Waals surface area contributed by atoms with Gasteiger partial charge < -0.3 is 15.1 Å². The van der Waals surface area contributed by atoms with Crippen molar-refractivity contribution in [3.8, 4) is 0 Å². The summed E-state index contributed by atoms with van der Waals surface area (Å²) in [5.74, 6) is 0.0622. The Morgan fingerprint density at radius 2 is 2.00 bits per heavy atom. The second-order valence-electron chi connectivity index (χ2n) is 6.93. The first-order valence-electron chi connectivity index (χ1n) is 9.61. The summed E-state index contributed by atoms with van der Waals surface area (Å²) in [6, 6.07) is 12.6. The van der Waals surface area contributed by atoms with Crippen molar-refractivity contribution in [2.75, 3.05) is 36.4 Å². The minimum absolute atomic E-state index is 0.0362. The molecule has 0 spiro atoms. The van der Waals surface area contributed by atoms with Gasteiger partial charge >= 0.3 is 0 Å². The highest BCUT2D eigenvalue weighted by atomic mass is 32.1. The Morgan fingerprint density at radius 3 is 2.67 bits per heavy atom. The molecule has 0 radical (unpaired) electrons. The number of anilines is 2. The molecule has 1 N–H and O–H groups in total. The fraction of sp³-hybridized carbons (Fsp3) is 0.238. The molecular formula is C21H21N5O3S. The first kappa shape index (κ1) is 19.8. The molecule has 0 aliphatic carbocycles. The van der Waals surface area contributed by atoms with E-state index in [-0.39, 0.29) is 16.5 Å². The maximum Gasteiger partial charge on any atom is 0.292 e. The summed E-state index contributed by atoms with van der Waals surface area (Å²) in [5.41, 5.74) is 2.35. The van der Waals surface area contributed by atoms with Crippen molar-refractivity contribution in [1.29, 1.82) is 0 Å². The number of benzene rings is 1. The van der Waals surface area contributed by atoms with Gasteiger partial charge in [0.15, 0.2) is 0 Å². The van der Waals surface area contributed by atoms with Gasteiger partial charge in [0.25, 0.3) is 11.6 Å². The van der Waals surface area contributed by atoms with Crippen LogP contribution in [0.4, 0.5) is 17.1 Å². The molecule has 8 nitrogen and oxygen atoms in total. The summed E-state index contributed by atoms with van der Waals surface area (Å²) in [6.07, 6.45) is 3.42. The molecule has 9 heteroatoms.